The van der Waals surface area contributed by atoms with Gasteiger partial charge in [-0.3, -0.25) is 14.4 Å². The molecule has 3 aliphatic rings. The lowest BCUT2D eigenvalue weighted by Crippen LogP contribution is -2.57. The largest absolute Gasteiger partial charge is 0.461 e. The number of anilines is 1. The molecule has 2 aromatic rings. The number of benzene rings is 2. The highest BCUT2D eigenvalue weighted by molar-refractivity contribution is 8.02. The Kier molecular flexibility index (Phi) is 7.37. The molecule has 0 saturated carbocycles. The van der Waals surface area contributed by atoms with E-state index in [0.29, 0.717) is 24.9 Å². The summed E-state index contributed by atoms with van der Waals surface area (Å²) in [6.07, 6.45) is 5.01. The quantitative estimate of drug-likeness (QED) is 0.351. The van der Waals surface area contributed by atoms with Crippen LogP contribution in [0.4, 0.5) is 5.69 Å². The first kappa shape index (κ1) is 27.5. The van der Waals surface area contributed by atoms with Gasteiger partial charge in [-0.1, -0.05) is 56.0 Å². The van der Waals surface area contributed by atoms with Crippen LogP contribution in [0.5, 0.6) is 0 Å². The van der Waals surface area contributed by atoms with E-state index in [9.17, 15) is 19.5 Å². The Bertz CT molecular complexity index is 1330. The maximum atomic E-state index is 14.7. The van der Waals surface area contributed by atoms with E-state index in [1.807, 2.05) is 56.3 Å². The third-order valence-corrected chi connectivity index (χ3v) is 10.7. The molecule has 2 amide bonds. The summed E-state index contributed by atoms with van der Waals surface area (Å²) in [5.41, 5.74) is 0.716. The highest BCUT2D eigenvalue weighted by atomic mass is 32.2. The minimum absolute atomic E-state index is 0.0688. The molecule has 2 bridgehead atoms. The van der Waals surface area contributed by atoms with Crippen LogP contribution in [0.1, 0.15) is 33.1 Å². The van der Waals surface area contributed by atoms with Crippen molar-refractivity contribution < 1.29 is 24.2 Å². The van der Waals surface area contributed by atoms with Gasteiger partial charge >= 0.3 is 5.97 Å². The second-order valence-corrected chi connectivity index (χ2v) is 12.8. The molecule has 1 N–H and O–H groups in total. The second-order valence-electron chi connectivity index (χ2n) is 10.9. The lowest BCUT2D eigenvalue weighted by atomic mass is 9.66. The van der Waals surface area contributed by atoms with Gasteiger partial charge in [-0.25, -0.2) is 0 Å². The van der Waals surface area contributed by atoms with Crippen molar-refractivity contribution in [3.8, 4) is 0 Å². The summed E-state index contributed by atoms with van der Waals surface area (Å²) in [6, 6.07) is 12.5. The molecular weight excluding hydrogens is 512 g/mol. The number of carbonyl (C=O) groups is 3. The molecular formula is C31H36N2O5S. The summed E-state index contributed by atoms with van der Waals surface area (Å²) in [7, 11) is 0. The molecule has 7 nitrogen and oxygen atoms in total. The lowest BCUT2D eigenvalue weighted by Gasteiger charge is -2.39. The fraction of sp³-hybridized carbons (Fsp3) is 0.452. The average molecular weight is 549 g/mol. The zero-order chi connectivity index (χ0) is 27.9. The minimum Gasteiger partial charge on any atom is -0.461 e. The van der Waals surface area contributed by atoms with Gasteiger partial charge in [-0.2, -0.15) is 0 Å². The molecule has 8 heteroatoms. The first-order valence-corrected chi connectivity index (χ1v) is 14.4. The molecule has 0 aromatic heterocycles. The minimum atomic E-state index is -0.831. The van der Waals surface area contributed by atoms with Crippen molar-refractivity contribution in [2.45, 2.75) is 54.7 Å². The van der Waals surface area contributed by atoms with Gasteiger partial charge in [0.2, 0.25) is 5.91 Å². The zero-order valence-corrected chi connectivity index (χ0v) is 23.4. The third-order valence-electron chi connectivity index (χ3n) is 8.74. The van der Waals surface area contributed by atoms with E-state index in [1.54, 1.807) is 27.6 Å². The van der Waals surface area contributed by atoms with Crippen LogP contribution in [-0.4, -0.2) is 69.1 Å². The Hall–Kier alpha value is -3.10. The molecule has 3 saturated heterocycles. The molecule has 3 fully saturated rings. The number of ether oxygens (including phenoxy) is 1. The number of rotatable bonds is 10. The maximum Gasteiger partial charge on any atom is 0.311 e. The maximum absolute atomic E-state index is 14.7. The number of aliphatic hydroxyl groups excluding tert-OH is 1. The Morgan fingerprint density at radius 3 is 2.62 bits per heavy atom. The fourth-order valence-corrected chi connectivity index (χ4v) is 9.31. The first-order chi connectivity index (χ1) is 18.8. The van der Waals surface area contributed by atoms with Crippen LogP contribution in [0.15, 0.2) is 67.8 Å². The number of fused-ring (bicyclic) bond motifs is 2. The SMILES string of the molecule is C=CCOC(=O)[C@H]1[C@H]2C(=O)N([C@@H](CC)CO)C(C(=O)N(CC=C)c3ccc4ccccc4c3)C23CC[C@]1(C)S3. The van der Waals surface area contributed by atoms with E-state index < -0.39 is 39.4 Å². The monoisotopic (exact) mass is 548 g/mol. The lowest BCUT2D eigenvalue weighted by molar-refractivity contribution is -0.155. The molecule has 5 rings (SSSR count). The van der Waals surface area contributed by atoms with Gasteiger partial charge in [-0.15, -0.1) is 18.3 Å². The fourth-order valence-electron chi connectivity index (χ4n) is 6.98. The Morgan fingerprint density at radius 2 is 1.95 bits per heavy atom. The van der Waals surface area contributed by atoms with Crippen LogP contribution in [0.3, 0.4) is 0 Å². The Balaban J connectivity index is 1.61. The van der Waals surface area contributed by atoms with Gasteiger partial charge in [-0.05, 0) is 49.1 Å². The van der Waals surface area contributed by atoms with E-state index >= 15 is 0 Å². The first-order valence-electron chi connectivity index (χ1n) is 13.6. The summed E-state index contributed by atoms with van der Waals surface area (Å²) in [6.45, 7) is 11.5. The van der Waals surface area contributed by atoms with Gasteiger partial charge in [0.25, 0.3) is 5.91 Å². The van der Waals surface area contributed by atoms with Crippen molar-refractivity contribution in [1.82, 2.24) is 4.90 Å². The number of hydrogen-bond donors (Lipinski definition) is 1. The van der Waals surface area contributed by atoms with E-state index in [0.717, 1.165) is 10.8 Å². The predicted octanol–water partition coefficient (Wildman–Crippen LogP) is 4.34. The number of thioether (sulfide) groups is 1. The number of amides is 2. The Morgan fingerprint density at radius 1 is 1.21 bits per heavy atom. The molecule has 39 heavy (non-hydrogen) atoms. The number of hydrogen-bond acceptors (Lipinski definition) is 6. The van der Waals surface area contributed by atoms with E-state index in [2.05, 4.69) is 13.2 Å². The van der Waals surface area contributed by atoms with E-state index in [-0.39, 0.29) is 31.6 Å². The number of esters is 1. The van der Waals surface area contributed by atoms with Crippen LogP contribution >= 0.6 is 11.8 Å². The molecule has 1 spiro atoms. The molecule has 3 heterocycles. The molecule has 6 atom stereocenters. The smallest absolute Gasteiger partial charge is 0.311 e. The second kappa shape index (κ2) is 10.5. The summed E-state index contributed by atoms with van der Waals surface area (Å²) in [4.78, 5) is 45.6. The number of nitrogens with zero attached hydrogens (tertiary/aromatic N) is 2. The number of carbonyl (C=O) groups excluding carboxylic acids is 3. The van der Waals surface area contributed by atoms with Gasteiger partial charge in [0.05, 0.1) is 29.2 Å². The summed E-state index contributed by atoms with van der Waals surface area (Å²) in [5, 5.41) is 12.4. The average Bonchev–Trinajstić information content (AvgIpc) is 3.51. The van der Waals surface area contributed by atoms with E-state index in [1.165, 1.54) is 6.08 Å². The zero-order valence-electron chi connectivity index (χ0n) is 22.5. The number of aliphatic hydroxyl groups is 1. The van der Waals surface area contributed by atoms with Crippen molar-refractivity contribution >= 4 is 46.0 Å². The van der Waals surface area contributed by atoms with Crippen molar-refractivity contribution in [1.29, 1.82) is 0 Å². The van der Waals surface area contributed by atoms with Gasteiger partial charge in [0.15, 0.2) is 0 Å². The van der Waals surface area contributed by atoms with Gasteiger partial charge in [0, 0.05) is 17.0 Å². The molecule has 3 aliphatic heterocycles. The van der Waals surface area contributed by atoms with Gasteiger partial charge in [0.1, 0.15) is 12.6 Å². The van der Waals surface area contributed by atoms with Gasteiger partial charge < -0.3 is 19.6 Å². The third kappa shape index (κ3) is 4.19. The Labute approximate surface area is 233 Å². The van der Waals surface area contributed by atoms with Crippen molar-refractivity contribution in [3.05, 3.63) is 67.8 Å². The van der Waals surface area contributed by atoms with Crippen molar-refractivity contribution in [3.63, 3.8) is 0 Å². The standard InChI is InChI=1S/C31H36N2O5S/c1-5-16-32(23-13-12-20-10-8-9-11-21(20)18-23)28(36)26-31-15-14-30(4,39-31)25(29(37)38-17-6-2)24(31)27(35)33(26)22(7-3)19-34/h5-6,8-13,18,22,24-26,34H,1-2,7,14-17,19H2,3-4H3/t22-,24-,25+,26?,30-,31?/m0/s1. The predicted molar refractivity (Wildman–Crippen MR) is 154 cm³/mol. The summed E-state index contributed by atoms with van der Waals surface area (Å²) >= 11 is 1.59. The summed E-state index contributed by atoms with van der Waals surface area (Å²) < 4.78 is 4.18. The number of likely N-dealkylation sites (tertiary alicyclic amines) is 1. The van der Waals surface area contributed by atoms with Crippen LogP contribution in [0, 0.1) is 11.8 Å². The molecule has 0 aliphatic carbocycles. The highest BCUT2D eigenvalue weighted by Crippen LogP contribution is 2.71. The van der Waals surface area contributed by atoms with Crippen LogP contribution in [0.25, 0.3) is 10.8 Å². The topological polar surface area (TPSA) is 87.1 Å². The van der Waals surface area contributed by atoms with E-state index in [4.69, 9.17) is 4.74 Å². The summed E-state index contributed by atoms with van der Waals surface area (Å²) in [5.74, 6) is -2.26. The van der Waals surface area contributed by atoms with Crippen LogP contribution in [0.2, 0.25) is 0 Å². The molecule has 2 aromatic carbocycles. The molecule has 2 unspecified atom stereocenters. The highest BCUT2D eigenvalue weighted by Gasteiger charge is 2.78. The van der Waals surface area contributed by atoms with Crippen molar-refractivity contribution in [2.75, 3.05) is 24.7 Å². The van der Waals surface area contributed by atoms with Crippen molar-refractivity contribution in [2.24, 2.45) is 11.8 Å². The molecule has 0 radical (unpaired) electrons. The normalized spacial score (nSPS) is 29.8. The molecule has 206 valence electrons. The van der Waals surface area contributed by atoms with Crippen LogP contribution < -0.4 is 4.90 Å². The van der Waals surface area contributed by atoms with Crippen LogP contribution in [-0.2, 0) is 19.1 Å².